The van der Waals surface area contributed by atoms with Gasteiger partial charge in [0.1, 0.15) is 5.82 Å². The van der Waals surface area contributed by atoms with Gasteiger partial charge < -0.3 is 5.11 Å². The Morgan fingerprint density at radius 1 is 1.41 bits per heavy atom. The van der Waals surface area contributed by atoms with Crippen LogP contribution in [-0.4, -0.2) is 11.1 Å². The van der Waals surface area contributed by atoms with Gasteiger partial charge in [-0.15, -0.1) is 0 Å². The molecule has 0 aliphatic heterocycles. The van der Waals surface area contributed by atoms with Crippen molar-refractivity contribution in [1.82, 2.24) is 0 Å². The molecule has 4 heteroatoms. The van der Waals surface area contributed by atoms with Crippen LogP contribution < -0.4 is 0 Å². The minimum absolute atomic E-state index is 0.0580. The smallest absolute Gasteiger partial charge is 0.309 e. The summed E-state index contributed by atoms with van der Waals surface area (Å²) in [5.41, 5.74) is -0.154. The van der Waals surface area contributed by atoms with Crippen molar-refractivity contribution in [3.63, 3.8) is 0 Å². The minimum atomic E-state index is -0.835. The predicted molar refractivity (Wildman–Crippen MR) is 65.8 cm³/mol. The molecule has 0 saturated heterocycles. The molecule has 1 N–H and O–H groups in total. The number of benzene rings is 1. The second-order valence-electron chi connectivity index (χ2n) is 4.22. The van der Waals surface area contributed by atoms with Crippen molar-refractivity contribution in [2.45, 2.75) is 33.1 Å². The summed E-state index contributed by atoms with van der Waals surface area (Å²) in [5.74, 6) is -1.34. The van der Waals surface area contributed by atoms with E-state index in [4.69, 9.17) is 11.6 Å². The van der Waals surface area contributed by atoms with E-state index in [1.54, 1.807) is 6.07 Å². The summed E-state index contributed by atoms with van der Waals surface area (Å²) in [5, 5.41) is 9.35. The standard InChI is InChI=1S/C13H16ClFO2/c1-3-13(4-2,12(16)17)8-9-5-6-10(14)11(15)7-9/h5-7H,3-4,8H2,1-2H3,(H,16,17). The zero-order valence-corrected chi connectivity index (χ0v) is 10.7. The fourth-order valence-electron chi connectivity index (χ4n) is 1.92. The first-order valence-electron chi connectivity index (χ1n) is 5.62. The van der Waals surface area contributed by atoms with Crippen LogP contribution in [0.15, 0.2) is 18.2 Å². The van der Waals surface area contributed by atoms with Gasteiger partial charge in [0.05, 0.1) is 10.4 Å². The van der Waals surface area contributed by atoms with Crippen LogP contribution in [0.5, 0.6) is 0 Å². The first-order valence-corrected chi connectivity index (χ1v) is 6.00. The van der Waals surface area contributed by atoms with Crippen LogP contribution in [0, 0.1) is 11.2 Å². The van der Waals surface area contributed by atoms with Crippen LogP contribution in [0.25, 0.3) is 0 Å². The van der Waals surface area contributed by atoms with Gasteiger partial charge in [0.15, 0.2) is 0 Å². The lowest BCUT2D eigenvalue weighted by atomic mass is 9.77. The van der Waals surface area contributed by atoms with Gasteiger partial charge in [-0.3, -0.25) is 4.79 Å². The van der Waals surface area contributed by atoms with E-state index < -0.39 is 17.2 Å². The molecule has 0 saturated carbocycles. The van der Waals surface area contributed by atoms with Crippen molar-refractivity contribution in [1.29, 1.82) is 0 Å². The zero-order chi connectivity index (χ0) is 13.1. The molecule has 0 radical (unpaired) electrons. The highest BCUT2D eigenvalue weighted by Gasteiger charge is 2.34. The lowest BCUT2D eigenvalue weighted by Gasteiger charge is -2.26. The van der Waals surface area contributed by atoms with E-state index in [0.717, 1.165) is 0 Å². The molecule has 0 bridgehead atoms. The van der Waals surface area contributed by atoms with Gasteiger partial charge in [-0.05, 0) is 37.0 Å². The number of halogens is 2. The molecule has 1 rings (SSSR count). The Bertz CT molecular complexity index is 414. The van der Waals surface area contributed by atoms with Gasteiger partial charge in [0, 0.05) is 0 Å². The normalized spacial score (nSPS) is 11.5. The number of rotatable bonds is 5. The third-order valence-corrected chi connectivity index (χ3v) is 3.64. The van der Waals surface area contributed by atoms with Crippen molar-refractivity contribution in [2.75, 3.05) is 0 Å². The topological polar surface area (TPSA) is 37.3 Å². The van der Waals surface area contributed by atoms with E-state index in [9.17, 15) is 14.3 Å². The molecule has 0 aromatic heterocycles. The quantitative estimate of drug-likeness (QED) is 0.869. The van der Waals surface area contributed by atoms with Gasteiger partial charge in [0.25, 0.3) is 0 Å². The van der Waals surface area contributed by atoms with Crippen LogP contribution in [0.4, 0.5) is 4.39 Å². The molecule has 1 aromatic carbocycles. The molecule has 1 aromatic rings. The van der Waals surface area contributed by atoms with E-state index in [1.165, 1.54) is 12.1 Å². The molecule has 2 nitrogen and oxygen atoms in total. The van der Waals surface area contributed by atoms with E-state index in [2.05, 4.69) is 0 Å². The molecule has 0 unspecified atom stereocenters. The largest absolute Gasteiger partial charge is 0.481 e. The van der Waals surface area contributed by atoms with Crippen molar-refractivity contribution >= 4 is 17.6 Å². The molecular formula is C13H16ClFO2. The number of carboxylic acid groups (broad SMARTS) is 1. The molecule has 0 aliphatic rings. The summed E-state index contributed by atoms with van der Waals surface area (Å²) in [4.78, 5) is 11.3. The van der Waals surface area contributed by atoms with Crippen LogP contribution in [0.2, 0.25) is 5.02 Å². The SMILES string of the molecule is CCC(CC)(Cc1ccc(Cl)c(F)c1)C(=O)O. The summed E-state index contributed by atoms with van der Waals surface area (Å²) in [6, 6.07) is 4.45. The summed E-state index contributed by atoms with van der Waals surface area (Å²) in [7, 11) is 0. The maximum Gasteiger partial charge on any atom is 0.309 e. The average molecular weight is 259 g/mol. The molecule has 0 amide bonds. The lowest BCUT2D eigenvalue weighted by Crippen LogP contribution is -2.32. The molecule has 0 spiro atoms. The minimum Gasteiger partial charge on any atom is -0.481 e. The highest BCUT2D eigenvalue weighted by atomic mass is 35.5. The van der Waals surface area contributed by atoms with Crippen molar-refractivity contribution in [3.8, 4) is 0 Å². The first kappa shape index (κ1) is 14.0. The molecule has 0 aliphatic carbocycles. The van der Waals surface area contributed by atoms with Crippen LogP contribution in [0.1, 0.15) is 32.3 Å². The van der Waals surface area contributed by atoms with Crippen molar-refractivity contribution < 1.29 is 14.3 Å². The maximum atomic E-state index is 13.3. The number of hydrogen-bond acceptors (Lipinski definition) is 1. The fourth-order valence-corrected chi connectivity index (χ4v) is 2.04. The summed E-state index contributed by atoms with van der Waals surface area (Å²) in [6.45, 7) is 3.67. The predicted octanol–water partition coefficient (Wildman–Crippen LogP) is 3.91. The van der Waals surface area contributed by atoms with Gasteiger partial charge in [-0.25, -0.2) is 4.39 Å². The Morgan fingerprint density at radius 3 is 2.41 bits per heavy atom. The van der Waals surface area contributed by atoms with E-state index >= 15 is 0 Å². The summed E-state index contributed by atoms with van der Waals surface area (Å²) in [6.07, 6.45) is 1.36. The van der Waals surface area contributed by atoms with Crippen LogP contribution >= 0.6 is 11.6 Å². The average Bonchev–Trinajstić information content (AvgIpc) is 2.30. The third-order valence-electron chi connectivity index (χ3n) is 3.33. The maximum absolute atomic E-state index is 13.3. The van der Waals surface area contributed by atoms with Gasteiger partial charge in [-0.2, -0.15) is 0 Å². The molecular weight excluding hydrogens is 243 g/mol. The van der Waals surface area contributed by atoms with Crippen LogP contribution in [-0.2, 0) is 11.2 Å². The zero-order valence-electron chi connectivity index (χ0n) is 9.96. The number of aliphatic carboxylic acids is 1. The number of carbonyl (C=O) groups is 1. The van der Waals surface area contributed by atoms with Crippen LogP contribution in [0.3, 0.4) is 0 Å². The fraction of sp³-hybridized carbons (Fsp3) is 0.462. The Hall–Kier alpha value is -1.09. The lowest BCUT2D eigenvalue weighted by molar-refractivity contribution is -0.149. The van der Waals surface area contributed by atoms with E-state index in [0.29, 0.717) is 24.8 Å². The number of carboxylic acids is 1. The summed E-state index contributed by atoms with van der Waals surface area (Å²) >= 11 is 5.59. The molecule has 0 atom stereocenters. The van der Waals surface area contributed by atoms with Gasteiger partial charge in [0.2, 0.25) is 0 Å². The summed E-state index contributed by atoms with van der Waals surface area (Å²) < 4.78 is 13.3. The Labute approximate surface area is 105 Å². The molecule has 17 heavy (non-hydrogen) atoms. The first-order chi connectivity index (χ1) is 7.95. The Balaban J connectivity index is 3.01. The van der Waals surface area contributed by atoms with Gasteiger partial charge >= 0.3 is 5.97 Å². The van der Waals surface area contributed by atoms with Crippen molar-refractivity contribution in [2.24, 2.45) is 5.41 Å². The highest BCUT2D eigenvalue weighted by molar-refractivity contribution is 6.30. The Kier molecular flexibility index (Phi) is 4.52. The Morgan fingerprint density at radius 2 is 2.00 bits per heavy atom. The highest BCUT2D eigenvalue weighted by Crippen LogP contribution is 2.32. The monoisotopic (exact) mass is 258 g/mol. The molecule has 94 valence electrons. The van der Waals surface area contributed by atoms with E-state index in [-0.39, 0.29) is 5.02 Å². The second kappa shape index (κ2) is 5.50. The van der Waals surface area contributed by atoms with Crippen molar-refractivity contribution in [3.05, 3.63) is 34.6 Å². The second-order valence-corrected chi connectivity index (χ2v) is 4.63. The number of hydrogen-bond donors (Lipinski definition) is 1. The molecule has 0 heterocycles. The molecule has 0 fully saturated rings. The third kappa shape index (κ3) is 2.97. The van der Waals surface area contributed by atoms with Gasteiger partial charge in [-0.1, -0.05) is 31.5 Å². The van der Waals surface area contributed by atoms with E-state index in [1.807, 2.05) is 13.8 Å².